The number of esters is 1. The fourth-order valence-corrected chi connectivity index (χ4v) is 3.49. The number of thiazole rings is 1. The molecule has 1 atom stereocenters. The van der Waals surface area contributed by atoms with Crippen molar-refractivity contribution in [3.05, 3.63) is 45.4 Å². The van der Waals surface area contributed by atoms with Crippen molar-refractivity contribution < 1.29 is 14.3 Å². The maximum Gasteiger partial charge on any atom is 0.350 e. The van der Waals surface area contributed by atoms with Crippen LogP contribution in [0.25, 0.3) is 0 Å². The average molecular weight is 546 g/mol. The van der Waals surface area contributed by atoms with Crippen molar-refractivity contribution in [1.29, 1.82) is 0 Å². The predicted octanol–water partition coefficient (Wildman–Crippen LogP) is 4.25. The van der Waals surface area contributed by atoms with E-state index in [4.69, 9.17) is 9.47 Å². The van der Waals surface area contributed by atoms with Crippen LogP contribution in [0.1, 0.15) is 52.7 Å². The summed E-state index contributed by atoms with van der Waals surface area (Å²) in [4.78, 5) is 21.6. The molecule has 0 amide bonds. The van der Waals surface area contributed by atoms with E-state index in [1.54, 1.807) is 6.92 Å². The molecule has 9 heteroatoms. The van der Waals surface area contributed by atoms with Gasteiger partial charge in [0.05, 0.1) is 24.9 Å². The van der Waals surface area contributed by atoms with Gasteiger partial charge in [-0.2, -0.15) is 0 Å². The number of nitrogens with zero attached hydrogens (tertiary/aromatic N) is 2. The Balaban J connectivity index is 0.00000450. The summed E-state index contributed by atoms with van der Waals surface area (Å²) in [7, 11) is 0. The van der Waals surface area contributed by atoms with E-state index in [9.17, 15) is 4.79 Å². The lowest BCUT2D eigenvalue weighted by Crippen LogP contribution is -2.39. The number of benzene rings is 1. The quantitative estimate of drug-likeness (QED) is 0.161. The lowest BCUT2D eigenvalue weighted by Gasteiger charge is -2.16. The lowest BCUT2D eigenvalue weighted by atomic mass is 10.2. The second-order valence-corrected chi connectivity index (χ2v) is 7.51. The van der Waals surface area contributed by atoms with Gasteiger partial charge in [0.1, 0.15) is 22.2 Å². The molecule has 2 rings (SSSR count). The fourth-order valence-electron chi connectivity index (χ4n) is 2.53. The molecule has 1 unspecified atom stereocenters. The molecule has 0 radical (unpaired) electrons. The third kappa shape index (κ3) is 8.10. The minimum Gasteiger partial charge on any atom is -0.492 e. The molecule has 0 saturated heterocycles. The van der Waals surface area contributed by atoms with Crippen molar-refractivity contribution >= 4 is 47.2 Å². The maximum atomic E-state index is 12.0. The monoisotopic (exact) mass is 546 g/mol. The Morgan fingerprint density at radius 2 is 1.93 bits per heavy atom. The highest BCUT2D eigenvalue weighted by Gasteiger charge is 2.20. The Kier molecular flexibility index (Phi) is 11.7. The van der Waals surface area contributed by atoms with Crippen molar-refractivity contribution in [1.82, 2.24) is 15.6 Å². The van der Waals surface area contributed by atoms with Gasteiger partial charge in [-0.25, -0.2) is 14.8 Å². The van der Waals surface area contributed by atoms with Crippen LogP contribution in [0.5, 0.6) is 5.75 Å². The van der Waals surface area contributed by atoms with E-state index >= 15 is 0 Å². The molecule has 30 heavy (non-hydrogen) atoms. The molecule has 0 bridgehead atoms. The molecule has 166 valence electrons. The zero-order valence-electron chi connectivity index (χ0n) is 18.2. The number of carbonyl (C=O) groups excluding carboxylic acids is 1. The van der Waals surface area contributed by atoms with Crippen LogP contribution in [0.4, 0.5) is 0 Å². The summed E-state index contributed by atoms with van der Waals surface area (Å²) in [5, 5.41) is 7.37. The number of carbonyl (C=O) groups is 1. The SMILES string of the molecule is CCNC(=NCCOc1ccc(C)cc1)NC(C)c1nc(C)c(C(=O)OCC)s1.I. The largest absolute Gasteiger partial charge is 0.492 e. The van der Waals surface area contributed by atoms with Gasteiger partial charge in [-0.1, -0.05) is 17.7 Å². The lowest BCUT2D eigenvalue weighted by molar-refractivity contribution is 0.0531. The Morgan fingerprint density at radius 1 is 1.23 bits per heavy atom. The van der Waals surface area contributed by atoms with Crippen LogP contribution in [0, 0.1) is 13.8 Å². The van der Waals surface area contributed by atoms with Crippen LogP contribution < -0.4 is 15.4 Å². The topological polar surface area (TPSA) is 84.8 Å². The highest BCUT2D eigenvalue weighted by molar-refractivity contribution is 14.0. The molecule has 0 aliphatic rings. The van der Waals surface area contributed by atoms with E-state index in [0.29, 0.717) is 36.3 Å². The van der Waals surface area contributed by atoms with Gasteiger partial charge < -0.3 is 20.1 Å². The Morgan fingerprint density at radius 3 is 2.57 bits per heavy atom. The molecule has 2 N–H and O–H groups in total. The number of nitrogens with one attached hydrogen (secondary N) is 2. The van der Waals surface area contributed by atoms with Gasteiger partial charge in [0, 0.05) is 6.54 Å². The van der Waals surface area contributed by atoms with Crippen LogP contribution in [0.15, 0.2) is 29.3 Å². The second kappa shape index (κ2) is 13.4. The molecule has 1 heterocycles. The van der Waals surface area contributed by atoms with E-state index in [1.807, 2.05) is 52.0 Å². The molecule has 0 spiro atoms. The zero-order chi connectivity index (χ0) is 21.2. The summed E-state index contributed by atoms with van der Waals surface area (Å²) in [6, 6.07) is 7.85. The number of aliphatic imine (C=N–C) groups is 1. The molecule has 0 aliphatic heterocycles. The van der Waals surface area contributed by atoms with Crippen molar-refractivity contribution in [3.8, 4) is 5.75 Å². The smallest absolute Gasteiger partial charge is 0.350 e. The Hall–Kier alpha value is -1.88. The summed E-state index contributed by atoms with van der Waals surface area (Å²) >= 11 is 1.35. The average Bonchev–Trinajstić information content (AvgIpc) is 3.09. The first-order valence-corrected chi connectivity index (χ1v) is 10.6. The van der Waals surface area contributed by atoms with Crippen molar-refractivity contribution in [3.63, 3.8) is 0 Å². The zero-order valence-corrected chi connectivity index (χ0v) is 21.3. The minimum absolute atomic E-state index is 0. The molecule has 1 aromatic heterocycles. The third-order valence-corrected chi connectivity index (χ3v) is 5.31. The molecule has 0 aliphatic carbocycles. The predicted molar refractivity (Wildman–Crippen MR) is 132 cm³/mol. The summed E-state index contributed by atoms with van der Waals surface area (Å²) in [6.45, 7) is 11.7. The number of hydrogen-bond acceptors (Lipinski definition) is 6. The Labute approximate surface area is 199 Å². The molecule has 7 nitrogen and oxygen atoms in total. The second-order valence-electron chi connectivity index (χ2n) is 6.48. The van der Waals surface area contributed by atoms with Crippen molar-refractivity contribution in [2.24, 2.45) is 4.99 Å². The van der Waals surface area contributed by atoms with Crippen LogP contribution in [0.3, 0.4) is 0 Å². The standard InChI is InChI=1S/C21H30N4O3S.HI/c1-6-22-21(23-12-13-28-17-10-8-14(3)9-11-17)25-16(5)19-24-15(4)18(29-19)20(26)27-7-2;/h8-11,16H,6-7,12-13H2,1-5H3,(H2,22,23,25);1H. The molecule has 1 aromatic carbocycles. The first-order chi connectivity index (χ1) is 13.9. The third-order valence-electron chi connectivity index (χ3n) is 3.99. The highest BCUT2D eigenvalue weighted by atomic mass is 127. The summed E-state index contributed by atoms with van der Waals surface area (Å²) in [5.74, 6) is 1.19. The minimum atomic E-state index is -0.324. The van der Waals surface area contributed by atoms with Crippen molar-refractivity contribution in [2.45, 2.75) is 40.7 Å². The van der Waals surface area contributed by atoms with E-state index < -0.39 is 0 Å². The summed E-state index contributed by atoms with van der Waals surface area (Å²) in [6.07, 6.45) is 0. The number of halogens is 1. The molecule has 0 saturated carbocycles. The Bertz CT molecular complexity index is 824. The summed E-state index contributed by atoms with van der Waals surface area (Å²) in [5.41, 5.74) is 1.89. The maximum absolute atomic E-state index is 12.0. The molecular formula is C21H31IN4O3S. The van der Waals surface area contributed by atoms with Gasteiger partial charge in [-0.15, -0.1) is 35.3 Å². The van der Waals surface area contributed by atoms with Crippen LogP contribution in [-0.2, 0) is 4.74 Å². The van der Waals surface area contributed by atoms with Crippen molar-refractivity contribution in [2.75, 3.05) is 26.3 Å². The fraction of sp³-hybridized carbons (Fsp3) is 0.476. The first-order valence-electron chi connectivity index (χ1n) is 9.83. The van der Waals surface area contributed by atoms with E-state index in [2.05, 4.69) is 20.6 Å². The van der Waals surface area contributed by atoms with Gasteiger partial charge in [-0.3, -0.25) is 0 Å². The highest BCUT2D eigenvalue weighted by Crippen LogP contribution is 2.24. The molecule has 2 aromatic rings. The van der Waals surface area contributed by atoms with E-state index in [1.165, 1.54) is 16.9 Å². The molecular weight excluding hydrogens is 515 g/mol. The van der Waals surface area contributed by atoms with Gasteiger partial charge >= 0.3 is 5.97 Å². The van der Waals surface area contributed by atoms with E-state index in [0.717, 1.165) is 17.3 Å². The molecule has 0 fully saturated rings. The van der Waals surface area contributed by atoms with Gasteiger partial charge in [0.25, 0.3) is 0 Å². The number of rotatable bonds is 9. The van der Waals surface area contributed by atoms with Gasteiger partial charge in [0.2, 0.25) is 0 Å². The van der Waals surface area contributed by atoms with Gasteiger partial charge in [0.15, 0.2) is 5.96 Å². The number of aryl methyl sites for hydroxylation is 2. The van der Waals surface area contributed by atoms with E-state index in [-0.39, 0.29) is 36.0 Å². The van der Waals surface area contributed by atoms with Crippen LogP contribution in [-0.4, -0.2) is 43.2 Å². The van der Waals surface area contributed by atoms with Crippen LogP contribution >= 0.6 is 35.3 Å². The number of hydrogen-bond donors (Lipinski definition) is 2. The number of ether oxygens (including phenoxy) is 2. The van der Waals surface area contributed by atoms with Crippen LogP contribution in [0.2, 0.25) is 0 Å². The first kappa shape index (κ1) is 26.2. The number of guanidine groups is 1. The number of aromatic nitrogens is 1. The van der Waals surface area contributed by atoms with Gasteiger partial charge in [-0.05, 0) is 46.8 Å². The normalized spacial score (nSPS) is 12.0. The summed E-state index contributed by atoms with van der Waals surface area (Å²) < 4.78 is 10.8.